The fraction of sp³-hybridized carbons (Fsp3) is 0.409. The molecule has 4 rings (SSSR count). The lowest BCUT2D eigenvalue weighted by molar-refractivity contribution is 0.141. The molecule has 0 radical (unpaired) electrons. The molecule has 1 saturated heterocycles. The predicted molar refractivity (Wildman–Crippen MR) is 107 cm³/mol. The fourth-order valence-corrected chi connectivity index (χ4v) is 3.58. The zero-order valence-corrected chi connectivity index (χ0v) is 16.1. The van der Waals surface area contributed by atoms with Crippen molar-refractivity contribution in [3.8, 4) is 11.5 Å². The van der Waals surface area contributed by atoms with Crippen molar-refractivity contribution < 1.29 is 19.0 Å². The smallest absolute Gasteiger partial charge is 0.322 e. The first-order chi connectivity index (χ1) is 13.7. The molecule has 1 fully saturated rings. The first-order valence-electron chi connectivity index (χ1n) is 9.86. The molecular formula is C22H26N2O4. The van der Waals surface area contributed by atoms with E-state index in [1.165, 1.54) is 5.56 Å². The van der Waals surface area contributed by atoms with Gasteiger partial charge in [0.25, 0.3) is 0 Å². The van der Waals surface area contributed by atoms with Crippen LogP contribution in [0.1, 0.15) is 24.5 Å². The molecule has 2 aliphatic rings. The Bertz CT molecular complexity index is 816. The van der Waals surface area contributed by atoms with Crippen LogP contribution in [0.3, 0.4) is 0 Å². The minimum atomic E-state index is -0.0923. The van der Waals surface area contributed by atoms with Gasteiger partial charge in [-0.25, -0.2) is 4.79 Å². The third kappa shape index (κ3) is 4.39. The summed E-state index contributed by atoms with van der Waals surface area (Å²) in [6.07, 6.45) is 1.89. The molecule has 2 aromatic carbocycles. The minimum absolute atomic E-state index is 0.0923. The van der Waals surface area contributed by atoms with Crippen LogP contribution in [0, 0.1) is 0 Å². The Labute approximate surface area is 165 Å². The second-order valence-electron chi connectivity index (χ2n) is 7.09. The van der Waals surface area contributed by atoms with E-state index in [2.05, 4.69) is 11.4 Å². The van der Waals surface area contributed by atoms with Gasteiger partial charge in [0.05, 0.1) is 19.8 Å². The van der Waals surface area contributed by atoms with Gasteiger partial charge in [-0.15, -0.1) is 0 Å². The summed E-state index contributed by atoms with van der Waals surface area (Å²) >= 11 is 0. The van der Waals surface area contributed by atoms with Crippen molar-refractivity contribution >= 4 is 11.7 Å². The van der Waals surface area contributed by atoms with Crippen LogP contribution in [0.2, 0.25) is 0 Å². The molecule has 0 saturated carbocycles. The van der Waals surface area contributed by atoms with Gasteiger partial charge >= 0.3 is 6.03 Å². The summed E-state index contributed by atoms with van der Waals surface area (Å²) in [6, 6.07) is 13.6. The molecule has 1 atom stereocenters. The molecule has 1 N–H and O–H groups in total. The molecule has 0 bridgehead atoms. The Morgan fingerprint density at radius 3 is 2.75 bits per heavy atom. The number of anilines is 1. The Morgan fingerprint density at radius 2 is 2.00 bits per heavy atom. The molecule has 148 valence electrons. The Balaban J connectivity index is 1.35. The van der Waals surface area contributed by atoms with Crippen LogP contribution in [0.15, 0.2) is 42.5 Å². The number of amides is 2. The van der Waals surface area contributed by atoms with Crippen LogP contribution in [-0.2, 0) is 17.7 Å². The number of hydrogen-bond donors (Lipinski definition) is 1. The van der Waals surface area contributed by atoms with Gasteiger partial charge in [0, 0.05) is 25.2 Å². The molecular weight excluding hydrogens is 356 g/mol. The van der Waals surface area contributed by atoms with Crippen molar-refractivity contribution in [2.75, 3.05) is 31.7 Å². The van der Waals surface area contributed by atoms with E-state index in [0.29, 0.717) is 26.3 Å². The first-order valence-corrected chi connectivity index (χ1v) is 9.86. The number of carbonyl (C=O) groups is 1. The van der Waals surface area contributed by atoms with Crippen LogP contribution >= 0.6 is 0 Å². The largest absolute Gasteiger partial charge is 0.494 e. The maximum Gasteiger partial charge on any atom is 0.322 e. The second kappa shape index (κ2) is 8.52. The standard InChI is InChI=1S/C22H26N2O4/c1-2-27-20-6-3-16-9-11-24(14-17(16)13-20)22(25)23-18-4-7-19(8-5-18)28-21-10-12-26-15-21/h3-8,13,21H,2,9-12,14-15H2,1H3,(H,23,25). The van der Waals surface area contributed by atoms with Gasteiger partial charge in [-0.2, -0.15) is 0 Å². The minimum Gasteiger partial charge on any atom is -0.494 e. The maximum absolute atomic E-state index is 12.7. The normalized spacial score (nSPS) is 18.5. The average molecular weight is 382 g/mol. The zero-order valence-electron chi connectivity index (χ0n) is 16.1. The van der Waals surface area contributed by atoms with Gasteiger partial charge in [-0.05, 0) is 60.9 Å². The highest BCUT2D eigenvalue weighted by atomic mass is 16.5. The van der Waals surface area contributed by atoms with Gasteiger partial charge in [0.2, 0.25) is 0 Å². The zero-order chi connectivity index (χ0) is 19.3. The highest BCUT2D eigenvalue weighted by molar-refractivity contribution is 5.89. The summed E-state index contributed by atoms with van der Waals surface area (Å²) in [7, 11) is 0. The SMILES string of the molecule is CCOc1ccc2c(c1)CN(C(=O)Nc1ccc(OC3CCOC3)cc1)CC2. The number of benzene rings is 2. The summed E-state index contributed by atoms with van der Waals surface area (Å²) in [4.78, 5) is 14.5. The summed E-state index contributed by atoms with van der Waals surface area (Å²) in [5.41, 5.74) is 3.19. The number of rotatable bonds is 5. The van der Waals surface area contributed by atoms with Crippen molar-refractivity contribution in [3.05, 3.63) is 53.6 Å². The van der Waals surface area contributed by atoms with Crippen molar-refractivity contribution in [2.24, 2.45) is 0 Å². The fourth-order valence-electron chi connectivity index (χ4n) is 3.58. The Morgan fingerprint density at radius 1 is 1.18 bits per heavy atom. The molecule has 2 heterocycles. The summed E-state index contributed by atoms with van der Waals surface area (Å²) in [6.45, 7) is 5.29. The maximum atomic E-state index is 12.7. The molecule has 2 amide bonds. The number of nitrogens with one attached hydrogen (secondary N) is 1. The van der Waals surface area contributed by atoms with Gasteiger partial charge in [0.15, 0.2) is 0 Å². The van der Waals surface area contributed by atoms with E-state index in [1.54, 1.807) is 0 Å². The van der Waals surface area contributed by atoms with E-state index in [1.807, 2.05) is 48.2 Å². The third-order valence-corrected chi connectivity index (χ3v) is 5.08. The summed E-state index contributed by atoms with van der Waals surface area (Å²) in [5, 5.41) is 2.98. The van der Waals surface area contributed by atoms with Crippen LogP contribution in [0.25, 0.3) is 0 Å². The van der Waals surface area contributed by atoms with Gasteiger partial charge in [-0.1, -0.05) is 6.07 Å². The number of hydrogen-bond acceptors (Lipinski definition) is 4. The number of fused-ring (bicyclic) bond motifs is 1. The van der Waals surface area contributed by atoms with Crippen LogP contribution in [0.5, 0.6) is 11.5 Å². The van der Waals surface area contributed by atoms with Crippen molar-refractivity contribution in [1.82, 2.24) is 4.90 Å². The van der Waals surface area contributed by atoms with Gasteiger partial charge in [-0.3, -0.25) is 0 Å². The lowest BCUT2D eigenvalue weighted by Crippen LogP contribution is -2.38. The highest BCUT2D eigenvalue weighted by Crippen LogP contribution is 2.25. The molecule has 0 aliphatic carbocycles. The monoisotopic (exact) mass is 382 g/mol. The molecule has 6 nitrogen and oxygen atoms in total. The molecule has 6 heteroatoms. The van der Waals surface area contributed by atoms with Crippen molar-refractivity contribution in [1.29, 1.82) is 0 Å². The van der Waals surface area contributed by atoms with Crippen LogP contribution in [0.4, 0.5) is 10.5 Å². The quantitative estimate of drug-likeness (QED) is 0.854. The van der Waals surface area contributed by atoms with Crippen molar-refractivity contribution in [2.45, 2.75) is 32.4 Å². The number of urea groups is 1. The predicted octanol–water partition coefficient (Wildman–Crippen LogP) is 3.84. The van der Waals surface area contributed by atoms with Crippen molar-refractivity contribution in [3.63, 3.8) is 0 Å². The molecule has 28 heavy (non-hydrogen) atoms. The summed E-state index contributed by atoms with van der Waals surface area (Å²) < 4.78 is 16.8. The average Bonchev–Trinajstić information content (AvgIpc) is 3.22. The van der Waals surface area contributed by atoms with E-state index in [4.69, 9.17) is 14.2 Å². The summed E-state index contributed by atoms with van der Waals surface area (Å²) in [5.74, 6) is 1.65. The number of nitrogens with zero attached hydrogens (tertiary/aromatic N) is 1. The topological polar surface area (TPSA) is 60.0 Å². The molecule has 0 spiro atoms. The lowest BCUT2D eigenvalue weighted by Gasteiger charge is -2.29. The lowest BCUT2D eigenvalue weighted by atomic mass is 10.00. The third-order valence-electron chi connectivity index (χ3n) is 5.08. The van der Waals surface area contributed by atoms with Gasteiger partial charge in [0.1, 0.15) is 17.6 Å². The number of carbonyl (C=O) groups excluding carboxylic acids is 1. The Hall–Kier alpha value is -2.73. The van der Waals surface area contributed by atoms with Gasteiger partial charge < -0.3 is 24.4 Å². The molecule has 1 unspecified atom stereocenters. The molecule has 2 aliphatic heterocycles. The number of ether oxygens (including phenoxy) is 3. The molecule has 0 aromatic heterocycles. The molecule has 2 aromatic rings. The van der Waals surface area contributed by atoms with E-state index < -0.39 is 0 Å². The Kier molecular flexibility index (Phi) is 5.67. The van der Waals surface area contributed by atoms with E-state index in [9.17, 15) is 4.79 Å². The second-order valence-corrected chi connectivity index (χ2v) is 7.09. The first kappa shape index (κ1) is 18.6. The highest BCUT2D eigenvalue weighted by Gasteiger charge is 2.21. The van der Waals surface area contributed by atoms with E-state index >= 15 is 0 Å². The van der Waals surface area contributed by atoms with Crippen LogP contribution in [-0.4, -0.2) is 43.4 Å². The van der Waals surface area contributed by atoms with E-state index in [-0.39, 0.29) is 12.1 Å². The van der Waals surface area contributed by atoms with E-state index in [0.717, 1.165) is 42.2 Å². The van der Waals surface area contributed by atoms with Crippen LogP contribution < -0.4 is 14.8 Å².